The number of benzene rings is 2. The van der Waals surface area contributed by atoms with Gasteiger partial charge in [-0.15, -0.1) is 0 Å². The molecule has 1 heterocycles. The molecule has 5 atom stereocenters. The summed E-state index contributed by atoms with van der Waals surface area (Å²) in [7, 11) is 0. The molecule has 0 aromatic heterocycles. The van der Waals surface area contributed by atoms with Crippen LogP contribution >= 0.6 is 0 Å². The van der Waals surface area contributed by atoms with Crippen molar-refractivity contribution in [2.75, 3.05) is 6.61 Å². The van der Waals surface area contributed by atoms with Gasteiger partial charge in [-0.05, 0) is 24.3 Å². The molecule has 3 rings (SSSR count). The number of esters is 4. The summed E-state index contributed by atoms with van der Waals surface area (Å²) in [5.74, 6) is -2.87. The predicted octanol–water partition coefficient (Wildman–Crippen LogP) is 2.04. The van der Waals surface area contributed by atoms with Gasteiger partial charge in [-0.3, -0.25) is 9.59 Å². The molecule has 0 spiro atoms. The zero-order chi connectivity index (χ0) is 25.4. The third-order valence-corrected chi connectivity index (χ3v) is 5.08. The second-order valence-corrected chi connectivity index (χ2v) is 7.80. The van der Waals surface area contributed by atoms with Gasteiger partial charge < -0.3 is 28.8 Å². The Labute approximate surface area is 201 Å². The molecule has 0 radical (unpaired) electrons. The fourth-order valence-corrected chi connectivity index (χ4v) is 3.48. The zero-order valence-corrected chi connectivity index (χ0v) is 19.2. The smallest absolute Gasteiger partial charge is 0.338 e. The van der Waals surface area contributed by atoms with Crippen molar-refractivity contribution in [2.24, 2.45) is 0 Å². The molecule has 2 aromatic carbocycles. The molecule has 1 N–H and O–H groups in total. The van der Waals surface area contributed by atoms with E-state index in [9.17, 15) is 24.3 Å². The average Bonchev–Trinajstić information content (AvgIpc) is 2.95. The molecule has 1 unspecified atom stereocenters. The quantitative estimate of drug-likeness (QED) is 0.458. The first kappa shape index (κ1) is 25.9. The zero-order valence-electron chi connectivity index (χ0n) is 19.2. The first-order valence-corrected chi connectivity index (χ1v) is 10.9. The second-order valence-electron chi connectivity index (χ2n) is 7.80. The Morgan fingerprint density at radius 1 is 0.829 bits per heavy atom. The number of rotatable bonds is 7. The fraction of sp³-hybridized carbons (Fsp3) is 0.360. The van der Waals surface area contributed by atoms with E-state index in [1.165, 1.54) is 31.2 Å². The Morgan fingerprint density at radius 3 is 1.89 bits per heavy atom. The molecular formula is C25H26O10. The number of aliphatic hydroxyl groups is 1. The van der Waals surface area contributed by atoms with Crippen molar-refractivity contribution >= 4 is 23.9 Å². The van der Waals surface area contributed by atoms with Gasteiger partial charge in [0.15, 0.2) is 6.10 Å². The lowest BCUT2D eigenvalue weighted by atomic mass is 10.0. The highest BCUT2D eigenvalue weighted by atomic mass is 16.7. The van der Waals surface area contributed by atoms with Gasteiger partial charge in [-0.1, -0.05) is 36.4 Å². The Morgan fingerprint density at radius 2 is 1.37 bits per heavy atom. The van der Waals surface area contributed by atoms with Crippen LogP contribution in [0.3, 0.4) is 0 Å². The molecule has 0 saturated carbocycles. The SMILES string of the molecule is CC(=O)OC[C@H]1OC(OC(C)=O)[C@H](O)C[C@@H](OC(=O)c2ccccc2)[C@@H]1OC(=O)c1ccccc1. The molecule has 1 aliphatic rings. The average molecular weight is 486 g/mol. The second kappa shape index (κ2) is 12.1. The molecule has 0 amide bonds. The van der Waals surface area contributed by atoms with Crippen LogP contribution in [0.4, 0.5) is 0 Å². The van der Waals surface area contributed by atoms with Crippen molar-refractivity contribution in [1.82, 2.24) is 0 Å². The van der Waals surface area contributed by atoms with Crippen molar-refractivity contribution in [3.05, 3.63) is 71.8 Å². The minimum absolute atomic E-state index is 0.216. The maximum absolute atomic E-state index is 12.9. The molecule has 0 bridgehead atoms. The van der Waals surface area contributed by atoms with E-state index in [2.05, 4.69) is 0 Å². The molecule has 35 heavy (non-hydrogen) atoms. The lowest BCUT2D eigenvalue weighted by Crippen LogP contribution is -2.46. The highest BCUT2D eigenvalue weighted by Crippen LogP contribution is 2.28. The standard InChI is InChI=1S/C25H26O10/c1-15(26)31-14-21-22(35-24(30)18-11-7-4-8-12-18)20(13-19(28)25(34-21)32-16(2)27)33-23(29)17-9-5-3-6-10-17/h3-12,19-22,25,28H,13-14H2,1-2H3/t19-,20-,21-,22+,25?/m1/s1. The van der Waals surface area contributed by atoms with Crippen molar-refractivity contribution < 1.29 is 48.0 Å². The van der Waals surface area contributed by atoms with E-state index in [1.54, 1.807) is 36.4 Å². The van der Waals surface area contributed by atoms with Gasteiger partial charge in [-0.25, -0.2) is 9.59 Å². The van der Waals surface area contributed by atoms with Gasteiger partial charge in [-0.2, -0.15) is 0 Å². The van der Waals surface area contributed by atoms with Crippen molar-refractivity contribution in [3.8, 4) is 0 Å². The monoisotopic (exact) mass is 486 g/mol. The Hall–Kier alpha value is -3.76. The largest absolute Gasteiger partial charge is 0.463 e. The predicted molar refractivity (Wildman–Crippen MR) is 119 cm³/mol. The van der Waals surface area contributed by atoms with E-state index < -0.39 is 61.2 Å². The van der Waals surface area contributed by atoms with Crippen molar-refractivity contribution in [2.45, 2.75) is 51.0 Å². The third kappa shape index (κ3) is 7.36. The summed E-state index contributed by atoms with van der Waals surface area (Å²) in [5.41, 5.74) is 0.446. The first-order chi connectivity index (χ1) is 16.7. The molecule has 2 aromatic rings. The third-order valence-electron chi connectivity index (χ3n) is 5.08. The summed E-state index contributed by atoms with van der Waals surface area (Å²) in [6, 6.07) is 16.2. The van der Waals surface area contributed by atoms with E-state index in [1.807, 2.05) is 0 Å². The Kier molecular flexibility index (Phi) is 8.93. The maximum atomic E-state index is 12.9. The van der Waals surface area contributed by atoms with Crippen LogP contribution < -0.4 is 0 Å². The van der Waals surface area contributed by atoms with Crippen molar-refractivity contribution in [1.29, 1.82) is 0 Å². The minimum atomic E-state index is -1.48. The van der Waals surface area contributed by atoms with Crippen LogP contribution in [-0.2, 0) is 33.3 Å². The van der Waals surface area contributed by atoms with E-state index >= 15 is 0 Å². The van der Waals surface area contributed by atoms with Gasteiger partial charge in [0.1, 0.15) is 24.9 Å². The van der Waals surface area contributed by atoms with E-state index in [0.29, 0.717) is 0 Å². The lowest BCUT2D eigenvalue weighted by molar-refractivity contribution is -0.225. The summed E-state index contributed by atoms with van der Waals surface area (Å²) in [4.78, 5) is 48.7. The fourth-order valence-electron chi connectivity index (χ4n) is 3.48. The molecule has 1 fully saturated rings. The lowest BCUT2D eigenvalue weighted by Gasteiger charge is -2.30. The van der Waals surface area contributed by atoms with Gasteiger partial charge in [0.25, 0.3) is 0 Å². The topological polar surface area (TPSA) is 135 Å². The Bertz CT molecular complexity index is 1020. The number of hydrogen-bond donors (Lipinski definition) is 1. The summed E-state index contributed by atoms with van der Waals surface area (Å²) in [6.45, 7) is 1.88. The number of aliphatic hydroxyl groups excluding tert-OH is 1. The number of carbonyl (C=O) groups excluding carboxylic acids is 4. The number of ether oxygens (including phenoxy) is 5. The summed E-state index contributed by atoms with van der Waals surface area (Å²) in [6.07, 6.45) is -6.99. The summed E-state index contributed by atoms with van der Waals surface area (Å²) < 4.78 is 27.1. The normalized spacial score (nSPS) is 23.9. The highest BCUT2D eigenvalue weighted by molar-refractivity contribution is 5.90. The Balaban J connectivity index is 1.95. The molecule has 186 valence electrons. The van der Waals surface area contributed by atoms with E-state index in [0.717, 1.165) is 6.92 Å². The molecule has 10 heteroatoms. The van der Waals surface area contributed by atoms with Crippen LogP contribution in [0.1, 0.15) is 41.0 Å². The molecule has 1 saturated heterocycles. The highest BCUT2D eigenvalue weighted by Gasteiger charge is 2.46. The van der Waals surface area contributed by atoms with Crippen LogP contribution in [0.2, 0.25) is 0 Å². The van der Waals surface area contributed by atoms with Crippen LogP contribution in [0.5, 0.6) is 0 Å². The molecule has 10 nitrogen and oxygen atoms in total. The molecular weight excluding hydrogens is 460 g/mol. The minimum Gasteiger partial charge on any atom is -0.463 e. The van der Waals surface area contributed by atoms with Gasteiger partial charge >= 0.3 is 23.9 Å². The van der Waals surface area contributed by atoms with Crippen molar-refractivity contribution in [3.63, 3.8) is 0 Å². The van der Waals surface area contributed by atoms with Gasteiger partial charge in [0.05, 0.1) is 11.1 Å². The van der Waals surface area contributed by atoms with E-state index in [-0.39, 0.29) is 17.5 Å². The first-order valence-electron chi connectivity index (χ1n) is 10.9. The maximum Gasteiger partial charge on any atom is 0.338 e. The van der Waals surface area contributed by atoms with Crippen LogP contribution in [0.25, 0.3) is 0 Å². The van der Waals surface area contributed by atoms with Crippen LogP contribution in [0, 0.1) is 0 Å². The summed E-state index contributed by atoms with van der Waals surface area (Å²) in [5, 5.41) is 10.7. The van der Waals surface area contributed by atoms with E-state index in [4.69, 9.17) is 23.7 Å². The van der Waals surface area contributed by atoms with Crippen LogP contribution in [0.15, 0.2) is 60.7 Å². The summed E-state index contributed by atoms with van der Waals surface area (Å²) >= 11 is 0. The number of carbonyl (C=O) groups is 4. The number of hydrogen-bond acceptors (Lipinski definition) is 10. The van der Waals surface area contributed by atoms with Gasteiger partial charge in [0, 0.05) is 20.3 Å². The molecule has 1 aliphatic heterocycles. The molecule has 0 aliphatic carbocycles. The van der Waals surface area contributed by atoms with Gasteiger partial charge in [0.2, 0.25) is 6.29 Å². The van der Waals surface area contributed by atoms with Crippen LogP contribution in [-0.4, -0.2) is 66.3 Å².